The Balaban J connectivity index is 1.50. The number of amides is 1. The number of rotatable bonds is 7. The number of carbonyl (C=O) groups is 1. The van der Waals surface area contributed by atoms with Gasteiger partial charge in [0.05, 0.1) is 23.9 Å². The number of benzene rings is 2. The van der Waals surface area contributed by atoms with Gasteiger partial charge in [0.25, 0.3) is 0 Å². The average molecular weight is 552 g/mol. The zero-order valence-electron chi connectivity index (χ0n) is 22.4. The maximum Gasteiger partial charge on any atom is 0.247 e. The fourth-order valence-electron chi connectivity index (χ4n) is 5.15. The molecule has 0 spiro atoms. The molecule has 0 saturated carbocycles. The van der Waals surface area contributed by atoms with Crippen LogP contribution in [0.15, 0.2) is 73.6 Å². The first-order chi connectivity index (χ1) is 19.9. The predicted octanol–water partition coefficient (Wildman–Crippen LogP) is 5.60. The van der Waals surface area contributed by atoms with Gasteiger partial charge >= 0.3 is 0 Å². The highest BCUT2D eigenvalue weighted by atomic mass is 19.1. The molecule has 0 aliphatic carbocycles. The fraction of sp³-hybridized carbons (Fsp3) is 0.133. The number of aryl methyl sites for hydroxylation is 1. The summed E-state index contributed by atoms with van der Waals surface area (Å²) in [6, 6.07) is 15.5. The monoisotopic (exact) mass is 551 g/mol. The number of nitrogen functional groups attached to an aromatic ring is 1. The number of pyridine rings is 1. The summed E-state index contributed by atoms with van der Waals surface area (Å²) in [6.45, 7) is 6.51. The highest BCUT2D eigenvalue weighted by molar-refractivity contribution is 6.09. The summed E-state index contributed by atoms with van der Waals surface area (Å²) in [5.41, 5.74) is 10.2. The van der Waals surface area contributed by atoms with E-state index < -0.39 is 5.82 Å². The molecule has 2 aromatic carbocycles. The number of nitrogens with two attached hydrogens (primary N) is 1. The van der Waals surface area contributed by atoms with Crippen LogP contribution in [0.5, 0.6) is 17.4 Å². The normalized spacial score (nSPS) is 12.3. The molecule has 0 radical (unpaired) electrons. The number of hydrogen-bond acceptors (Lipinski definition) is 8. The van der Waals surface area contributed by atoms with Gasteiger partial charge in [0, 0.05) is 30.4 Å². The van der Waals surface area contributed by atoms with E-state index in [-0.39, 0.29) is 17.5 Å². The molecule has 0 bridgehead atoms. The van der Waals surface area contributed by atoms with Crippen molar-refractivity contribution in [3.8, 4) is 28.5 Å². The van der Waals surface area contributed by atoms with E-state index in [0.717, 1.165) is 11.5 Å². The summed E-state index contributed by atoms with van der Waals surface area (Å²) >= 11 is 0. The van der Waals surface area contributed by atoms with E-state index in [1.807, 2.05) is 34.6 Å². The molecule has 3 aromatic heterocycles. The Morgan fingerprint density at radius 3 is 2.73 bits per heavy atom. The standard InChI is InChI=1S/C30H26FN7O3/c1-4-23(39)36-20-8-6-9-21(27(20)40-3)37-13-14-38-29-26(28(32)33-16-34-29)25(30(37)38)18-11-12-22(19(31)15-18)41-24-10-5-7-17(2)35-24/h4-12,15-16H,1,13-14H2,2-3H3,(H,36,39)(H2,32,33,34). The van der Waals surface area contributed by atoms with Crippen molar-refractivity contribution in [1.82, 2.24) is 19.5 Å². The van der Waals surface area contributed by atoms with E-state index in [2.05, 4.69) is 26.8 Å². The quantitative estimate of drug-likeness (QED) is 0.251. The van der Waals surface area contributed by atoms with Gasteiger partial charge in [-0.05, 0) is 48.9 Å². The molecule has 0 fully saturated rings. The lowest BCUT2D eigenvalue weighted by molar-refractivity contribution is -0.111. The van der Waals surface area contributed by atoms with E-state index in [9.17, 15) is 4.79 Å². The number of fused-ring (bicyclic) bond motifs is 3. The second kappa shape index (κ2) is 10.3. The largest absolute Gasteiger partial charge is 0.492 e. The van der Waals surface area contributed by atoms with E-state index >= 15 is 4.39 Å². The first-order valence-corrected chi connectivity index (χ1v) is 12.8. The minimum Gasteiger partial charge on any atom is -0.492 e. The van der Waals surface area contributed by atoms with Crippen molar-refractivity contribution in [3.05, 3.63) is 85.1 Å². The van der Waals surface area contributed by atoms with Crippen LogP contribution in [0.2, 0.25) is 0 Å². The van der Waals surface area contributed by atoms with Crippen molar-refractivity contribution in [2.45, 2.75) is 13.5 Å². The SMILES string of the molecule is C=CC(=O)Nc1cccc(N2CCn3c2c(-c2ccc(Oc4cccc(C)n4)c(F)c2)c2c(N)ncnc23)c1OC. The molecule has 1 aliphatic rings. The Labute approximate surface area is 234 Å². The van der Waals surface area contributed by atoms with Crippen LogP contribution in [0.1, 0.15) is 5.69 Å². The number of para-hydroxylation sites is 1. The third-order valence-electron chi connectivity index (χ3n) is 6.87. The van der Waals surface area contributed by atoms with Gasteiger partial charge < -0.3 is 30.0 Å². The number of nitrogens with zero attached hydrogens (tertiary/aromatic N) is 5. The van der Waals surface area contributed by atoms with E-state index in [0.29, 0.717) is 58.3 Å². The molecule has 41 heavy (non-hydrogen) atoms. The summed E-state index contributed by atoms with van der Waals surface area (Å²) in [6.07, 6.45) is 2.60. The molecule has 11 heteroatoms. The lowest BCUT2D eigenvalue weighted by Gasteiger charge is -2.24. The van der Waals surface area contributed by atoms with Crippen LogP contribution in [0.25, 0.3) is 22.2 Å². The molecule has 1 aliphatic heterocycles. The van der Waals surface area contributed by atoms with Gasteiger partial charge in [-0.3, -0.25) is 4.79 Å². The predicted molar refractivity (Wildman–Crippen MR) is 155 cm³/mol. The van der Waals surface area contributed by atoms with E-state index in [1.165, 1.54) is 25.6 Å². The summed E-state index contributed by atoms with van der Waals surface area (Å²) in [4.78, 5) is 27.2. The number of anilines is 4. The van der Waals surface area contributed by atoms with E-state index in [1.54, 1.807) is 30.3 Å². The van der Waals surface area contributed by atoms with Gasteiger partial charge in [-0.15, -0.1) is 0 Å². The van der Waals surface area contributed by atoms with Gasteiger partial charge in [-0.1, -0.05) is 24.8 Å². The van der Waals surface area contributed by atoms with Gasteiger partial charge in [-0.25, -0.2) is 19.3 Å². The molecule has 0 saturated heterocycles. The number of carbonyl (C=O) groups excluding carboxylic acids is 1. The van der Waals surface area contributed by atoms with Crippen LogP contribution in [-0.4, -0.2) is 39.1 Å². The number of aromatic nitrogens is 4. The van der Waals surface area contributed by atoms with Crippen LogP contribution in [0, 0.1) is 12.7 Å². The summed E-state index contributed by atoms with van der Waals surface area (Å²) < 4.78 is 29.0. The first-order valence-electron chi connectivity index (χ1n) is 12.8. The Hall–Kier alpha value is -5.45. The van der Waals surface area contributed by atoms with Gasteiger partial charge in [0.2, 0.25) is 11.8 Å². The molecule has 3 N–H and O–H groups in total. The van der Waals surface area contributed by atoms with Crippen molar-refractivity contribution in [3.63, 3.8) is 0 Å². The Morgan fingerprint density at radius 2 is 1.98 bits per heavy atom. The summed E-state index contributed by atoms with van der Waals surface area (Å²) in [5.74, 6) is 0.893. The fourth-order valence-corrected chi connectivity index (χ4v) is 5.15. The molecule has 0 unspecified atom stereocenters. The second-order valence-corrected chi connectivity index (χ2v) is 9.38. The second-order valence-electron chi connectivity index (χ2n) is 9.38. The molecule has 10 nitrogen and oxygen atoms in total. The summed E-state index contributed by atoms with van der Waals surface area (Å²) in [7, 11) is 1.54. The molecule has 5 aromatic rings. The van der Waals surface area contributed by atoms with Crippen molar-refractivity contribution < 1.29 is 18.7 Å². The lowest BCUT2D eigenvalue weighted by atomic mass is 10.0. The maximum absolute atomic E-state index is 15.5. The Kier molecular flexibility index (Phi) is 6.46. The van der Waals surface area contributed by atoms with Crippen LogP contribution >= 0.6 is 0 Å². The molecule has 6 rings (SSSR count). The first kappa shape index (κ1) is 25.8. The Bertz CT molecular complexity index is 1840. The Morgan fingerprint density at radius 1 is 1.15 bits per heavy atom. The highest BCUT2D eigenvalue weighted by Gasteiger charge is 2.33. The molecular weight excluding hydrogens is 525 g/mol. The van der Waals surface area contributed by atoms with Crippen molar-refractivity contribution in [1.29, 1.82) is 0 Å². The van der Waals surface area contributed by atoms with Crippen LogP contribution in [0.4, 0.5) is 27.4 Å². The minimum absolute atomic E-state index is 0.0421. The highest BCUT2D eigenvalue weighted by Crippen LogP contribution is 2.49. The van der Waals surface area contributed by atoms with Crippen LogP contribution < -0.4 is 25.4 Å². The lowest BCUT2D eigenvalue weighted by Crippen LogP contribution is -2.16. The van der Waals surface area contributed by atoms with Crippen molar-refractivity contribution >= 4 is 40.0 Å². The molecule has 0 atom stereocenters. The average Bonchev–Trinajstić information content (AvgIpc) is 3.53. The zero-order valence-corrected chi connectivity index (χ0v) is 22.4. The molecule has 1 amide bonds. The maximum atomic E-state index is 15.5. The molecular formula is C30H26FN7O3. The number of hydrogen-bond donors (Lipinski definition) is 2. The number of nitrogens with one attached hydrogen (secondary N) is 1. The van der Waals surface area contributed by atoms with Crippen molar-refractivity contribution in [2.75, 3.05) is 29.6 Å². The minimum atomic E-state index is -0.564. The third-order valence-corrected chi connectivity index (χ3v) is 6.87. The van der Waals surface area contributed by atoms with Crippen LogP contribution in [0.3, 0.4) is 0 Å². The number of ether oxygens (including phenoxy) is 2. The topological polar surface area (TPSA) is 120 Å². The molecule has 4 heterocycles. The van der Waals surface area contributed by atoms with Gasteiger partial charge in [0.15, 0.2) is 17.3 Å². The number of halogens is 1. The van der Waals surface area contributed by atoms with E-state index in [4.69, 9.17) is 15.2 Å². The smallest absolute Gasteiger partial charge is 0.247 e. The molecule has 206 valence electrons. The third kappa shape index (κ3) is 4.46. The van der Waals surface area contributed by atoms with Crippen molar-refractivity contribution in [2.24, 2.45) is 0 Å². The van der Waals surface area contributed by atoms with Gasteiger partial charge in [-0.2, -0.15) is 0 Å². The summed E-state index contributed by atoms with van der Waals surface area (Å²) in [5, 5.41) is 3.40. The number of methoxy groups -OCH3 is 1. The van der Waals surface area contributed by atoms with Gasteiger partial charge in [0.1, 0.15) is 23.6 Å². The zero-order chi connectivity index (χ0) is 28.7. The van der Waals surface area contributed by atoms with Crippen LogP contribution in [-0.2, 0) is 11.3 Å².